The van der Waals surface area contributed by atoms with Gasteiger partial charge in [0, 0.05) is 152 Å². The third-order valence-electron chi connectivity index (χ3n) is 21.4. The van der Waals surface area contributed by atoms with E-state index in [-0.39, 0.29) is 80.4 Å². The van der Waals surface area contributed by atoms with Gasteiger partial charge in [0.1, 0.15) is 22.3 Å². The van der Waals surface area contributed by atoms with Crippen LogP contribution < -0.4 is 0 Å². The van der Waals surface area contributed by atoms with Crippen LogP contribution in [0.1, 0.15) is 11.1 Å². The Morgan fingerprint density at radius 2 is 0.449 bits per heavy atom. The van der Waals surface area contributed by atoms with Crippen molar-refractivity contribution in [2.45, 2.75) is 13.8 Å². The van der Waals surface area contributed by atoms with Crippen molar-refractivity contribution < 1.29 is 98.1 Å². The molecule has 13 aromatic carbocycles. The standard InChI is InChI=1S/C24H16NO.3C17H10NO.C12H10N.3C11H8N.4Ir/c1-16-9-11-17(12-10-16)18-13-14-25-22(15-18)21-7-4-6-20-19-5-2-3-8-23(19)26-24(20)21;3*1-2-10-16-12(6-1)13-7-5-8-14(17(13)19-16)15-9-3-4-11-18-15;1-10-7-8-12(13-9-10)11-5-3-2-4-6-11;3*1-2-6-10(7-3-1)11-8-4-5-9-12-11;;;;/h2-6,8-15H,1H3;3*1-7,9-11H;2-5,7-9H,1H3;3*1-6,8-9H;;;;/q8*-1;;;;. The fraction of sp³-hybridized carbons (Fsp3) is 0.0167. The van der Waals surface area contributed by atoms with E-state index in [2.05, 4.69) is 162 Å². The third-order valence-corrected chi connectivity index (χ3v) is 21.4. The van der Waals surface area contributed by atoms with Gasteiger partial charge in [-0.05, 0) is 143 Å². The largest absolute Gasteiger partial charge is 0.501 e. The molecular weight excluding hydrogens is 2390 g/mol. The van der Waals surface area contributed by atoms with E-state index in [1.165, 1.54) is 16.7 Å². The zero-order valence-corrected chi connectivity index (χ0v) is 82.8. The first-order chi connectivity index (χ1) is 65.3. The molecule has 0 atom stereocenters. The molecule has 0 saturated heterocycles. The Balaban J connectivity index is 0.000000126. The number of nitrogens with zero attached hydrogens (tertiary/aromatic N) is 8. The van der Waals surface area contributed by atoms with Gasteiger partial charge in [0.05, 0.1) is 22.3 Å². The number of hydrogen-bond donors (Lipinski definition) is 0. The molecule has 0 unspecified atom stereocenters. The maximum absolute atomic E-state index is 6.13. The van der Waals surface area contributed by atoms with Crippen LogP contribution in [0.5, 0.6) is 0 Å². The van der Waals surface area contributed by atoms with Crippen LogP contribution in [0.2, 0.25) is 0 Å². The first-order valence-corrected chi connectivity index (χ1v) is 43.0. The molecule has 0 spiro atoms. The SMILES string of the molecule is Cc1ccc(-c2[c-]cccc2)nc1.Cc1ccc(-c2ccnc(-c3[c-]ccc4c3oc3ccccc34)c2)cc1.[Ir].[Ir].[Ir].[Ir].[c-]1ccc2c(oc3ccccc32)c1-c1ccccn1.[c-]1ccc2c(oc3ccccc32)c1-c1ccccn1.[c-]1ccc2c(oc3ccccc32)c1-c1ccccn1.[c-]1ccccc1-c1ccccn1.[c-]1ccccc1-c1ccccn1.[c-]1ccccc1-c1ccccn1. The van der Waals surface area contributed by atoms with E-state index in [1.54, 1.807) is 37.2 Å². The topological polar surface area (TPSA) is 156 Å². The number of rotatable bonds is 9. The fourth-order valence-corrected chi connectivity index (χ4v) is 15.0. The second kappa shape index (κ2) is 48.5. The molecule has 0 amide bonds. The minimum absolute atomic E-state index is 0. The first kappa shape index (κ1) is 96.9. The Morgan fingerprint density at radius 3 is 0.728 bits per heavy atom. The number of para-hydroxylation sites is 4. The number of hydrogen-bond acceptors (Lipinski definition) is 12. The van der Waals surface area contributed by atoms with E-state index < -0.39 is 0 Å². The molecule has 25 rings (SSSR count). The fourth-order valence-electron chi connectivity index (χ4n) is 15.0. The van der Waals surface area contributed by atoms with Gasteiger partial charge in [-0.1, -0.05) is 237 Å². The summed E-state index contributed by atoms with van der Waals surface area (Å²) in [5, 5.41) is 8.92. The molecule has 0 saturated carbocycles. The van der Waals surface area contributed by atoms with E-state index >= 15 is 0 Å². The molecule has 136 heavy (non-hydrogen) atoms. The molecule has 0 N–H and O–H groups in total. The summed E-state index contributed by atoms with van der Waals surface area (Å²) in [7, 11) is 0. The van der Waals surface area contributed by atoms with Crippen LogP contribution >= 0.6 is 0 Å². The molecule has 0 fully saturated rings. The smallest absolute Gasteiger partial charge is 0.120 e. The van der Waals surface area contributed by atoms with E-state index in [4.69, 9.17) is 17.7 Å². The van der Waals surface area contributed by atoms with Crippen molar-refractivity contribution in [3.05, 3.63) is 510 Å². The summed E-state index contributed by atoms with van der Waals surface area (Å²) in [4.78, 5) is 34.7. The van der Waals surface area contributed by atoms with Gasteiger partial charge in [0.2, 0.25) is 0 Å². The van der Waals surface area contributed by atoms with Crippen molar-refractivity contribution in [2.75, 3.05) is 0 Å². The summed E-state index contributed by atoms with van der Waals surface area (Å²) >= 11 is 0. The number of pyridine rings is 8. The Kier molecular flexibility index (Phi) is 34.6. The maximum atomic E-state index is 6.13. The monoisotopic (exact) mass is 2470 g/mol. The van der Waals surface area contributed by atoms with Crippen LogP contribution in [0.25, 0.3) is 189 Å². The van der Waals surface area contributed by atoms with E-state index in [1.807, 2.05) is 353 Å². The van der Waals surface area contributed by atoms with Gasteiger partial charge in [-0.25, -0.2) is 0 Å². The average Bonchev–Trinajstić information content (AvgIpc) is 1.61. The first-order valence-electron chi connectivity index (χ1n) is 43.0. The van der Waals surface area contributed by atoms with Crippen molar-refractivity contribution in [3.63, 3.8) is 0 Å². The second-order valence-corrected chi connectivity index (χ2v) is 30.2. The van der Waals surface area contributed by atoms with Gasteiger partial charge in [-0.2, -0.15) is 0 Å². The van der Waals surface area contributed by atoms with Crippen molar-refractivity contribution in [3.8, 4) is 101 Å². The minimum Gasteiger partial charge on any atom is -0.501 e. The number of furan rings is 4. The molecule has 12 aromatic heterocycles. The molecule has 0 aliphatic heterocycles. The number of benzene rings is 13. The number of aryl methyl sites for hydroxylation is 2. The Bertz CT molecular complexity index is 7360. The maximum Gasteiger partial charge on any atom is 0.120 e. The van der Waals surface area contributed by atoms with Crippen LogP contribution in [0.4, 0.5) is 0 Å². The van der Waals surface area contributed by atoms with Gasteiger partial charge < -0.3 is 57.5 Å². The quantitative estimate of drug-likeness (QED) is 0.126. The molecular formula is C120H80Ir4N8O4-8. The molecule has 668 valence electrons. The predicted octanol–water partition coefficient (Wildman–Crippen LogP) is 30.3. The summed E-state index contributed by atoms with van der Waals surface area (Å²) in [5.74, 6) is 0. The van der Waals surface area contributed by atoms with Crippen molar-refractivity contribution in [1.29, 1.82) is 0 Å². The predicted molar refractivity (Wildman–Crippen MR) is 532 cm³/mol. The summed E-state index contributed by atoms with van der Waals surface area (Å²) in [6.07, 6.45) is 14.4. The van der Waals surface area contributed by atoms with Crippen LogP contribution in [0.3, 0.4) is 0 Å². The van der Waals surface area contributed by atoms with Crippen LogP contribution in [0.15, 0.2) is 468 Å². The summed E-state index contributed by atoms with van der Waals surface area (Å²) in [5.41, 5.74) is 26.9. The Hall–Kier alpha value is -15.1. The number of fused-ring (bicyclic) bond motifs is 12. The zero-order valence-electron chi connectivity index (χ0n) is 73.3. The van der Waals surface area contributed by atoms with Gasteiger partial charge in [-0.15, -0.1) is 216 Å². The van der Waals surface area contributed by atoms with Crippen LogP contribution in [-0.2, 0) is 80.4 Å². The Labute approximate surface area is 842 Å². The van der Waals surface area contributed by atoms with Gasteiger partial charge >= 0.3 is 0 Å². The van der Waals surface area contributed by atoms with Crippen molar-refractivity contribution >= 4 is 87.8 Å². The number of aromatic nitrogens is 8. The van der Waals surface area contributed by atoms with Crippen molar-refractivity contribution in [2.24, 2.45) is 0 Å². The molecule has 4 radical (unpaired) electrons. The molecule has 0 bridgehead atoms. The molecule has 0 aliphatic carbocycles. The summed E-state index contributed by atoms with van der Waals surface area (Å²) in [6, 6.07) is 157. The molecule has 25 aromatic rings. The minimum atomic E-state index is 0. The van der Waals surface area contributed by atoms with Crippen molar-refractivity contribution in [1.82, 2.24) is 39.9 Å². The normalized spacial score (nSPS) is 10.3. The average molecular weight is 2470 g/mol. The van der Waals surface area contributed by atoms with E-state index in [0.717, 1.165) is 183 Å². The Morgan fingerprint density at radius 1 is 0.184 bits per heavy atom. The van der Waals surface area contributed by atoms with E-state index in [9.17, 15) is 0 Å². The van der Waals surface area contributed by atoms with Gasteiger partial charge in [-0.3, -0.25) is 0 Å². The van der Waals surface area contributed by atoms with E-state index in [0.29, 0.717) is 0 Å². The third kappa shape index (κ3) is 23.9. The molecule has 0 aliphatic rings. The molecule has 16 heteroatoms. The second-order valence-electron chi connectivity index (χ2n) is 30.2. The van der Waals surface area contributed by atoms with Gasteiger partial charge in [0.25, 0.3) is 0 Å². The summed E-state index contributed by atoms with van der Waals surface area (Å²) < 4.78 is 24.0. The van der Waals surface area contributed by atoms with Gasteiger partial charge in [0.15, 0.2) is 0 Å². The molecule has 12 nitrogen and oxygen atoms in total. The summed E-state index contributed by atoms with van der Waals surface area (Å²) in [6.45, 7) is 4.13. The molecule has 12 heterocycles. The van der Waals surface area contributed by atoms with Crippen LogP contribution in [-0.4, -0.2) is 39.9 Å². The zero-order chi connectivity index (χ0) is 89.3. The van der Waals surface area contributed by atoms with Crippen LogP contribution in [0, 0.1) is 62.4 Å².